The summed E-state index contributed by atoms with van der Waals surface area (Å²) in [6, 6.07) is 12.1. The third kappa shape index (κ3) is 2.29. The van der Waals surface area contributed by atoms with Gasteiger partial charge in [-0.1, -0.05) is 18.2 Å². The van der Waals surface area contributed by atoms with E-state index in [-0.39, 0.29) is 6.04 Å². The zero-order chi connectivity index (χ0) is 13.2. The van der Waals surface area contributed by atoms with Crippen LogP contribution in [0.5, 0.6) is 0 Å². The van der Waals surface area contributed by atoms with E-state index in [1.165, 1.54) is 0 Å². The minimum Gasteiger partial charge on any atom is -0.458 e. The minimum absolute atomic E-state index is 0.00741. The van der Waals surface area contributed by atoms with E-state index < -0.39 is 0 Å². The molecule has 3 nitrogen and oxygen atoms in total. The van der Waals surface area contributed by atoms with Crippen molar-refractivity contribution < 1.29 is 4.42 Å². The molecule has 96 valence electrons. The molecule has 0 saturated carbocycles. The molecule has 2 heterocycles. The maximum atomic E-state index is 5.97. The molecule has 0 radical (unpaired) electrons. The van der Waals surface area contributed by atoms with Crippen LogP contribution in [0.3, 0.4) is 0 Å². The lowest BCUT2D eigenvalue weighted by Crippen LogP contribution is -2.16. The van der Waals surface area contributed by atoms with Gasteiger partial charge in [-0.15, -0.1) is 0 Å². The standard InChI is InChI=1S/C15H13BrN2O/c1-17-14(11-5-3-7-18-9-11)13-8-10-4-2-6-12(16)15(10)19-13/h2-9,14,17H,1H3. The maximum Gasteiger partial charge on any atom is 0.148 e. The highest BCUT2D eigenvalue weighted by Gasteiger charge is 2.17. The molecule has 0 bridgehead atoms. The first-order chi connectivity index (χ1) is 9.29. The van der Waals surface area contributed by atoms with Crippen molar-refractivity contribution in [3.63, 3.8) is 0 Å². The highest BCUT2D eigenvalue weighted by atomic mass is 79.9. The number of fused-ring (bicyclic) bond motifs is 1. The summed E-state index contributed by atoms with van der Waals surface area (Å²) in [6.45, 7) is 0. The zero-order valence-electron chi connectivity index (χ0n) is 10.4. The van der Waals surface area contributed by atoms with E-state index in [2.05, 4.69) is 32.3 Å². The van der Waals surface area contributed by atoms with Crippen LogP contribution in [0.1, 0.15) is 17.4 Å². The largest absolute Gasteiger partial charge is 0.458 e. The molecule has 2 aromatic heterocycles. The van der Waals surface area contributed by atoms with Crippen LogP contribution in [0, 0.1) is 0 Å². The highest BCUT2D eigenvalue weighted by molar-refractivity contribution is 9.10. The van der Waals surface area contributed by atoms with E-state index in [0.29, 0.717) is 0 Å². The summed E-state index contributed by atoms with van der Waals surface area (Å²) < 4.78 is 6.94. The third-order valence-corrected chi connectivity index (χ3v) is 3.73. The summed E-state index contributed by atoms with van der Waals surface area (Å²) in [5.41, 5.74) is 1.96. The molecule has 4 heteroatoms. The van der Waals surface area contributed by atoms with Crippen molar-refractivity contribution in [2.24, 2.45) is 0 Å². The predicted octanol–water partition coefficient (Wildman–Crippen LogP) is 3.90. The van der Waals surface area contributed by atoms with Crippen LogP contribution in [-0.4, -0.2) is 12.0 Å². The fourth-order valence-electron chi connectivity index (χ4n) is 2.21. The number of hydrogen-bond acceptors (Lipinski definition) is 3. The van der Waals surface area contributed by atoms with Crippen molar-refractivity contribution in [1.82, 2.24) is 10.3 Å². The number of para-hydroxylation sites is 1. The second-order valence-corrected chi connectivity index (χ2v) is 5.17. The fourth-order valence-corrected chi connectivity index (χ4v) is 2.67. The van der Waals surface area contributed by atoms with Crippen LogP contribution in [0.25, 0.3) is 11.0 Å². The monoisotopic (exact) mass is 316 g/mol. The molecule has 3 aromatic rings. The summed E-state index contributed by atoms with van der Waals surface area (Å²) in [6.07, 6.45) is 3.62. The van der Waals surface area contributed by atoms with Crippen LogP contribution < -0.4 is 5.32 Å². The van der Waals surface area contributed by atoms with E-state index in [1.54, 1.807) is 6.20 Å². The van der Waals surface area contributed by atoms with Crippen LogP contribution in [0.2, 0.25) is 0 Å². The summed E-state index contributed by atoms with van der Waals surface area (Å²) in [4.78, 5) is 4.16. The van der Waals surface area contributed by atoms with Gasteiger partial charge in [-0.05, 0) is 46.7 Å². The maximum absolute atomic E-state index is 5.97. The molecule has 1 aromatic carbocycles. The number of furan rings is 1. The Labute approximate surface area is 119 Å². The van der Waals surface area contributed by atoms with Gasteiger partial charge in [0.25, 0.3) is 0 Å². The highest BCUT2D eigenvalue weighted by Crippen LogP contribution is 2.31. The first-order valence-corrected chi connectivity index (χ1v) is 6.84. The Morgan fingerprint density at radius 2 is 2.16 bits per heavy atom. The van der Waals surface area contributed by atoms with E-state index in [4.69, 9.17) is 4.42 Å². The van der Waals surface area contributed by atoms with E-state index in [0.717, 1.165) is 26.8 Å². The van der Waals surface area contributed by atoms with Crippen LogP contribution >= 0.6 is 15.9 Å². The summed E-state index contributed by atoms with van der Waals surface area (Å²) in [5, 5.41) is 4.36. The Kier molecular flexibility index (Phi) is 3.36. The molecule has 1 atom stereocenters. The molecule has 0 aliphatic heterocycles. The summed E-state index contributed by atoms with van der Waals surface area (Å²) >= 11 is 3.51. The molecule has 19 heavy (non-hydrogen) atoms. The SMILES string of the molecule is CNC(c1cccnc1)c1cc2cccc(Br)c2o1. The lowest BCUT2D eigenvalue weighted by atomic mass is 10.1. The lowest BCUT2D eigenvalue weighted by molar-refractivity contribution is 0.490. The Balaban J connectivity index is 2.09. The van der Waals surface area contributed by atoms with Crippen LogP contribution in [0.4, 0.5) is 0 Å². The number of nitrogens with one attached hydrogen (secondary N) is 1. The topological polar surface area (TPSA) is 38.1 Å². The molecule has 1 N–H and O–H groups in total. The van der Waals surface area contributed by atoms with Gasteiger partial charge in [0.2, 0.25) is 0 Å². The molecular weight excluding hydrogens is 304 g/mol. The average Bonchev–Trinajstić information content (AvgIpc) is 2.86. The fraction of sp³-hybridized carbons (Fsp3) is 0.133. The molecule has 0 amide bonds. The molecule has 0 aliphatic rings. The molecule has 0 fully saturated rings. The summed E-state index contributed by atoms with van der Waals surface area (Å²) in [7, 11) is 1.92. The van der Waals surface area contributed by atoms with Gasteiger partial charge in [0.15, 0.2) is 0 Å². The minimum atomic E-state index is 0.00741. The van der Waals surface area contributed by atoms with Crippen LogP contribution in [0.15, 0.2) is 57.7 Å². The number of aromatic nitrogens is 1. The first-order valence-electron chi connectivity index (χ1n) is 6.05. The van der Waals surface area contributed by atoms with Gasteiger partial charge in [0, 0.05) is 17.8 Å². The second-order valence-electron chi connectivity index (χ2n) is 4.32. The van der Waals surface area contributed by atoms with Crippen molar-refractivity contribution >= 4 is 26.9 Å². The molecule has 0 spiro atoms. The second kappa shape index (κ2) is 5.15. The number of hydrogen-bond donors (Lipinski definition) is 1. The number of pyridine rings is 1. The van der Waals surface area contributed by atoms with E-state index >= 15 is 0 Å². The van der Waals surface area contributed by atoms with Crippen molar-refractivity contribution in [3.8, 4) is 0 Å². The molecule has 3 rings (SSSR count). The van der Waals surface area contributed by atoms with E-state index in [1.807, 2.05) is 43.6 Å². The Morgan fingerprint density at radius 3 is 2.84 bits per heavy atom. The Morgan fingerprint density at radius 1 is 1.26 bits per heavy atom. The van der Waals surface area contributed by atoms with Crippen molar-refractivity contribution in [2.45, 2.75) is 6.04 Å². The first kappa shape index (κ1) is 12.4. The number of rotatable bonds is 3. The quantitative estimate of drug-likeness (QED) is 0.796. The molecule has 1 unspecified atom stereocenters. The average molecular weight is 317 g/mol. The molecular formula is C15H13BrN2O. The van der Waals surface area contributed by atoms with Gasteiger partial charge in [-0.25, -0.2) is 0 Å². The number of halogens is 1. The van der Waals surface area contributed by atoms with Gasteiger partial charge in [0.1, 0.15) is 11.3 Å². The predicted molar refractivity (Wildman–Crippen MR) is 79.1 cm³/mol. The zero-order valence-corrected chi connectivity index (χ0v) is 12.0. The smallest absolute Gasteiger partial charge is 0.148 e. The van der Waals surface area contributed by atoms with E-state index in [9.17, 15) is 0 Å². The van der Waals surface area contributed by atoms with Crippen molar-refractivity contribution in [1.29, 1.82) is 0 Å². The summed E-state index contributed by atoms with van der Waals surface area (Å²) in [5.74, 6) is 0.886. The van der Waals surface area contributed by atoms with Gasteiger partial charge in [-0.3, -0.25) is 4.98 Å². The number of nitrogens with zero attached hydrogens (tertiary/aromatic N) is 1. The Hall–Kier alpha value is -1.65. The van der Waals surface area contributed by atoms with Gasteiger partial charge in [-0.2, -0.15) is 0 Å². The van der Waals surface area contributed by atoms with Gasteiger partial charge >= 0.3 is 0 Å². The molecule has 0 saturated heterocycles. The van der Waals surface area contributed by atoms with Crippen LogP contribution in [-0.2, 0) is 0 Å². The van der Waals surface area contributed by atoms with Gasteiger partial charge in [0.05, 0.1) is 10.5 Å². The Bertz CT molecular complexity index is 694. The van der Waals surface area contributed by atoms with Crippen molar-refractivity contribution in [2.75, 3.05) is 7.05 Å². The third-order valence-electron chi connectivity index (χ3n) is 3.11. The van der Waals surface area contributed by atoms with Crippen molar-refractivity contribution in [3.05, 3.63) is 64.6 Å². The van der Waals surface area contributed by atoms with Gasteiger partial charge < -0.3 is 9.73 Å². The normalized spacial score (nSPS) is 12.7. The number of benzene rings is 1. The lowest BCUT2D eigenvalue weighted by Gasteiger charge is -2.13. The molecule has 0 aliphatic carbocycles.